The highest BCUT2D eigenvalue weighted by Crippen LogP contribution is 2.26. The molecule has 1 aromatic carbocycles. The Morgan fingerprint density at radius 2 is 1.90 bits per heavy atom. The van der Waals surface area contributed by atoms with Crippen LogP contribution in [0.4, 0.5) is 5.95 Å². The summed E-state index contributed by atoms with van der Waals surface area (Å²) in [5, 5.41) is 9.78. The maximum atomic E-state index is 12.8. The molecule has 1 aromatic heterocycles. The van der Waals surface area contributed by atoms with Gasteiger partial charge in [0.05, 0.1) is 13.2 Å². The number of carbonyl (C=O) groups is 1. The number of ether oxygens (including phenoxy) is 1. The van der Waals surface area contributed by atoms with Crippen LogP contribution in [0.3, 0.4) is 0 Å². The zero-order chi connectivity index (χ0) is 20.1. The Kier molecular flexibility index (Phi) is 6.71. The van der Waals surface area contributed by atoms with Crippen molar-refractivity contribution in [1.29, 1.82) is 0 Å². The number of carbonyl (C=O) groups excluding carboxylic acids is 1. The number of likely N-dealkylation sites (tertiary alicyclic amines) is 1. The number of anilines is 1. The van der Waals surface area contributed by atoms with E-state index >= 15 is 0 Å². The predicted molar refractivity (Wildman–Crippen MR) is 114 cm³/mol. The third kappa shape index (κ3) is 4.75. The van der Waals surface area contributed by atoms with Gasteiger partial charge in [0.2, 0.25) is 5.95 Å². The Balaban J connectivity index is 1.42. The molecule has 0 atom stereocenters. The van der Waals surface area contributed by atoms with Crippen molar-refractivity contribution in [3.05, 3.63) is 35.4 Å². The average molecular weight is 416 g/mol. The highest BCUT2D eigenvalue weighted by atomic mass is 32.2. The van der Waals surface area contributed by atoms with Gasteiger partial charge in [-0.1, -0.05) is 23.9 Å². The van der Waals surface area contributed by atoms with Crippen LogP contribution in [-0.2, 0) is 17.0 Å². The summed E-state index contributed by atoms with van der Waals surface area (Å²) < 4.78 is 7.61. The normalized spacial score (nSPS) is 17.6. The Labute approximate surface area is 176 Å². The second kappa shape index (κ2) is 9.63. The first kappa shape index (κ1) is 20.2. The molecular weight excluding hydrogens is 386 g/mol. The van der Waals surface area contributed by atoms with Gasteiger partial charge in [-0.25, -0.2) is 0 Å². The van der Waals surface area contributed by atoms with Crippen molar-refractivity contribution in [3.63, 3.8) is 0 Å². The number of rotatable bonds is 6. The van der Waals surface area contributed by atoms with Gasteiger partial charge in [0, 0.05) is 44.0 Å². The van der Waals surface area contributed by atoms with Gasteiger partial charge >= 0.3 is 0 Å². The quantitative estimate of drug-likeness (QED) is 0.676. The van der Waals surface area contributed by atoms with Gasteiger partial charge in [-0.15, -0.1) is 10.2 Å². The van der Waals surface area contributed by atoms with E-state index < -0.39 is 0 Å². The number of amides is 1. The molecule has 4 rings (SSSR count). The highest BCUT2D eigenvalue weighted by Gasteiger charge is 2.21. The Morgan fingerprint density at radius 1 is 1.10 bits per heavy atom. The van der Waals surface area contributed by atoms with Crippen molar-refractivity contribution in [2.45, 2.75) is 43.6 Å². The third-order valence-electron chi connectivity index (χ3n) is 5.49. The predicted octanol–water partition coefficient (Wildman–Crippen LogP) is 3.05. The van der Waals surface area contributed by atoms with Gasteiger partial charge in [-0.05, 0) is 43.9 Å². The summed E-state index contributed by atoms with van der Waals surface area (Å²) in [5.74, 6) is 1.85. The topological polar surface area (TPSA) is 63.5 Å². The van der Waals surface area contributed by atoms with E-state index in [1.54, 1.807) is 11.8 Å². The summed E-state index contributed by atoms with van der Waals surface area (Å²) in [7, 11) is 0. The van der Waals surface area contributed by atoms with E-state index in [0.29, 0.717) is 0 Å². The van der Waals surface area contributed by atoms with E-state index in [1.165, 1.54) is 6.42 Å². The van der Waals surface area contributed by atoms with Gasteiger partial charge in [0.25, 0.3) is 5.91 Å². The number of aromatic nitrogens is 3. The minimum atomic E-state index is 0.155. The molecule has 1 amide bonds. The first-order chi connectivity index (χ1) is 14.3. The molecule has 0 radical (unpaired) electrons. The third-order valence-corrected chi connectivity index (χ3v) is 6.53. The van der Waals surface area contributed by atoms with Crippen LogP contribution in [0, 0.1) is 0 Å². The van der Waals surface area contributed by atoms with Crippen molar-refractivity contribution in [3.8, 4) is 0 Å². The standard InChI is InChI=1S/C21H29N5O2S/c1-2-26-20(25-11-13-28-14-12-25)22-23-21(26)29-16-17-7-6-8-18(15-17)19(27)24-9-4-3-5-10-24/h6-8,15H,2-5,9-14,16H2,1H3. The SMILES string of the molecule is CCn1c(SCc2cccc(C(=O)N3CCCCC3)c2)nnc1N1CCOCC1. The number of nitrogens with zero attached hydrogens (tertiary/aromatic N) is 5. The van der Waals surface area contributed by atoms with Crippen molar-refractivity contribution in [1.82, 2.24) is 19.7 Å². The van der Waals surface area contributed by atoms with Crippen molar-refractivity contribution >= 4 is 23.6 Å². The van der Waals surface area contributed by atoms with Crippen LogP contribution in [0.15, 0.2) is 29.4 Å². The summed E-state index contributed by atoms with van der Waals surface area (Å²) in [6.45, 7) is 7.87. The molecule has 0 bridgehead atoms. The fourth-order valence-electron chi connectivity index (χ4n) is 3.88. The zero-order valence-corrected chi connectivity index (χ0v) is 17.9. The van der Waals surface area contributed by atoms with Gasteiger partial charge in [-0.2, -0.15) is 0 Å². The minimum absolute atomic E-state index is 0.155. The molecule has 2 aliphatic heterocycles. The van der Waals surface area contributed by atoms with E-state index in [2.05, 4.69) is 32.7 Å². The Hall–Kier alpha value is -2.06. The van der Waals surface area contributed by atoms with E-state index in [4.69, 9.17) is 4.74 Å². The van der Waals surface area contributed by atoms with Gasteiger partial charge in [0.1, 0.15) is 0 Å². The lowest BCUT2D eigenvalue weighted by Crippen LogP contribution is -2.38. The van der Waals surface area contributed by atoms with E-state index in [-0.39, 0.29) is 5.91 Å². The largest absolute Gasteiger partial charge is 0.378 e. The molecule has 2 aromatic rings. The molecule has 2 aliphatic rings. The summed E-state index contributed by atoms with van der Waals surface area (Å²) in [6.07, 6.45) is 3.45. The van der Waals surface area contributed by atoms with Gasteiger partial charge in [-0.3, -0.25) is 9.36 Å². The summed E-state index contributed by atoms with van der Waals surface area (Å²) in [4.78, 5) is 17.0. The van der Waals surface area contributed by atoms with E-state index in [1.807, 2.05) is 23.1 Å². The second-order valence-electron chi connectivity index (χ2n) is 7.47. The van der Waals surface area contributed by atoms with Crippen LogP contribution >= 0.6 is 11.8 Å². The lowest BCUT2D eigenvalue weighted by atomic mass is 10.1. The summed E-state index contributed by atoms with van der Waals surface area (Å²) in [6, 6.07) is 8.02. The number of hydrogen-bond donors (Lipinski definition) is 0. The van der Waals surface area contributed by atoms with Crippen LogP contribution in [0.1, 0.15) is 42.1 Å². The highest BCUT2D eigenvalue weighted by molar-refractivity contribution is 7.98. The molecule has 7 nitrogen and oxygen atoms in total. The smallest absolute Gasteiger partial charge is 0.253 e. The lowest BCUT2D eigenvalue weighted by Gasteiger charge is -2.27. The molecule has 156 valence electrons. The number of benzene rings is 1. The Bertz CT molecular complexity index is 828. The minimum Gasteiger partial charge on any atom is -0.378 e. The molecule has 0 aliphatic carbocycles. The van der Waals surface area contributed by atoms with Crippen LogP contribution in [0.2, 0.25) is 0 Å². The van der Waals surface area contributed by atoms with Gasteiger partial charge in [0.15, 0.2) is 5.16 Å². The van der Waals surface area contributed by atoms with Crippen LogP contribution in [0.25, 0.3) is 0 Å². The summed E-state index contributed by atoms with van der Waals surface area (Å²) in [5.41, 5.74) is 1.92. The van der Waals surface area contributed by atoms with Gasteiger partial charge < -0.3 is 14.5 Å². The first-order valence-corrected chi connectivity index (χ1v) is 11.5. The maximum Gasteiger partial charge on any atom is 0.253 e. The summed E-state index contributed by atoms with van der Waals surface area (Å²) >= 11 is 1.67. The van der Waals surface area contributed by atoms with E-state index in [0.717, 1.165) is 86.8 Å². The molecule has 0 spiro atoms. The number of morpholine rings is 1. The number of hydrogen-bond acceptors (Lipinski definition) is 6. The van der Waals surface area contributed by atoms with E-state index in [9.17, 15) is 4.79 Å². The van der Waals surface area contributed by atoms with Crippen LogP contribution in [0.5, 0.6) is 0 Å². The molecule has 2 fully saturated rings. The van der Waals surface area contributed by atoms with Crippen LogP contribution < -0.4 is 4.90 Å². The monoisotopic (exact) mass is 415 g/mol. The van der Waals surface area contributed by atoms with Crippen molar-refractivity contribution in [2.24, 2.45) is 0 Å². The molecule has 29 heavy (non-hydrogen) atoms. The maximum absolute atomic E-state index is 12.8. The zero-order valence-electron chi connectivity index (χ0n) is 17.0. The molecular formula is C21H29N5O2S. The second-order valence-corrected chi connectivity index (χ2v) is 8.41. The fourth-order valence-corrected chi connectivity index (χ4v) is 4.82. The average Bonchev–Trinajstić information content (AvgIpc) is 3.21. The first-order valence-electron chi connectivity index (χ1n) is 10.5. The van der Waals surface area contributed by atoms with Crippen molar-refractivity contribution in [2.75, 3.05) is 44.3 Å². The lowest BCUT2D eigenvalue weighted by molar-refractivity contribution is 0.0724. The molecule has 8 heteroatoms. The molecule has 0 unspecified atom stereocenters. The number of piperidine rings is 1. The van der Waals surface area contributed by atoms with Crippen LogP contribution in [-0.4, -0.2) is 65.0 Å². The molecule has 3 heterocycles. The van der Waals surface area contributed by atoms with Crippen molar-refractivity contribution < 1.29 is 9.53 Å². The fraction of sp³-hybridized carbons (Fsp3) is 0.571. The Morgan fingerprint density at radius 3 is 2.66 bits per heavy atom. The molecule has 0 saturated carbocycles. The number of thioether (sulfide) groups is 1. The molecule has 2 saturated heterocycles. The molecule has 0 N–H and O–H groups in total.